The first-order valence-electron chi connectivity index (χ1n) is 9.34. The van der Waals surface area contributed by atoms with Crippen LogP contribution >= 0.6 is 0 Å². The van der Waals surface area contributed by atoms with Gasteiger partial charge in [0.2, 0.25) is 0 Å². The number of benzene rings is 3. The molecule has 0 unspecified atom stereocenters. The predicted molar refractivity (Wildman–Crippen MR) is 110 cm³/mol. The molecule has 1 N–H and O–H groups in total. The molecular formula is C22H25ClN3O5-. The first-order valence-corrected chi connectivity index (χ1v) is 10.6. The Bertz CT molecular complexity index is 1210. The number of halogens is 1. The van der Waals surface area contributed by atoms with Gasteiger partial charge in [-0.15, -0.1) is 10.2 Å². The maximum Gasteiger partial charge on any atom is 0.155 e. The van der Waals surface area contributed by atoms with Crippen molar-refractivity contribution in [1.82, 2.24) is 4.98 Å². The van der Waals surface area contributed by atoms with E-state index < -0.39 is 10.2 Å². The summed E-state index contributed by atoms with van der Waals surface area (Å²) in [6.07, 6.45) is 0. The zero-order valence-corrected chi connectivity index (χ0v) is 17.5. The number of hydrogen-bond acceptors (Lipinski definition) is 8. The van der Waals surface area contributed by atoms with Crippen molar-refractivity contribution in [1.29, 1.82) is 0 Å². The molecular weight excluding hydrogens is 422 g/mol. The highest BCUT2D eigenvalue weighted by atomic mass is 35.7. The molecule has 4 rings (SSSR count). The van der Waals surface area contributed by atoms with E-state index in [9.17, 15) is 0 Å². The number of rotatable bonds is 3. The Hall–Kier alpha value is -2.75. The Labute approximate surface area is 182 Å². The molecule has 1 aliphatic carbocycles. The molecule has 0 radical (unpaired) electrons. The largest absolute Gasteiger partial charge is 0.453 e. The van der Waals surface area contributed by atoms with Crippen molar-refractivity contribution < 1.29 is 33.3 Å². The summed E-state index contributed by atoms with van der Waals surface area (Å²) in [6.45, 7) is 7.80. The van der Waals surface area contributed by atoms with E-state index in [0.717, 1.165) is 63.0 Å². The second-order valence-electron chi connectivity index (χ2n) is 6.52. The Morgan fingerprint density at radius 1 is 1.03 bits per heavy atom. The van der Waals surface area contributed by atoms with Crippen LogP contribution in [0.4, 0.5) is 5.69 Å². The summed E-state index contributed by atoms with van der Waals surface area (Å²) in [5.41, 5.74) is 4.73. The molecule has 2 aromatic rings. The van der Waals surface area contributed by atoms with Crippen molar-refractivity contribution in [3.63, 3.8) is 0 Å². The lowest BCUT2D eigenvalue weighted by Crippen LogP contribution is -2.68. The summed E-state index contributed by atoms with van der Waals surface area (Å²) in [5, 5.41) is 6.65. The van der Waals surface area contributed by atoms with E-state index in [1.807, 2.05) is 25.1 Å². The van der Waals surface area contributed by atoms with Crippen LogP contribution in [0.2, 0.25) is 0 Å². The number of fused-ring (bicyclic) bond motifs is 4. The molecule has 0 amide bonds. The number of nitrogens with zero attached hydrogens (tertiary/aromatic N) is 2. The third-order valence-corrected chi connectivity index (χ3v) is 4.41. The van der Waals surface area contributed by atoms with Crippen LogP contribution in [-0.4, -0.2) is 18.1 Å². The van der Waals surface area contributed by atoms with E-state index in [1.54, 1.807) is 0 Å². The van der Waals surface area contributed by atoms with Crippen LogP contribution in [0.3, 0.4) is 0 Å². The molecule has 9 heteroatoms. The van der Waals surface area contributed by atoms with Gasteiger partial charge in [-0.2, -0.15) is 0 Å². The average Bonchev–Trinajstić information content (AvgIpc) is 2.67. The fourth-order valence-electron chi connectivity index (χ4n) is 3.28. The quantitative estimate of drug-likeness (QED) is 0.359. The third kappa shape index (κ3) is 5.90. The molecule has 31 heavy (non-hydrogen) atoms. The first kappa shape index (κ1) is 24.5. The van der Waals surface area contributed by atoms with E-state index in [2.05, 4.69) is 48.4 Å². The van der Waals surface area contributed by atoms with Crippen molar-refractivity contribution in [2.45, 2.75) is 28.2 Å². The zero-order chi connectivity index (χ0) is 21.9. The number of anilines is 1. The van der Waals surface area contributed by atoms with Crippen molar-refractivity contribution >= 4 is 27.6 Å². The van der Waals surface area contributed by atoms with Gasteiger partial charge < -0.3 is 9.73 Å². The SMILES string of the molecule is C.CCN=c1cc2oc3cc(NCC)c4ccccc4c3nc-2cc1C.[O-][Cl+3]([O-])([O-])[O-]. The summed E-state index contributed by atoms with van der Waals surface area (Å²) < 4.78 is 40.2. The number of aromatic nitrogens is 1. The predicted octanol–water partition coefficient (Wildman–Crippen LogP) is 0.627. The Balaban J connectivity index is 0.000000514. The molecule has 0 aromatic heterocycles. The molecule has 0 fully saturated rings. The van der Waals surface area contributed by atoms with E-state index in [-0.39, 0.29) is 7.43 Å². The maximum atomic E-state index is 8.49. The van der Waals surface area contributed by atoms with E-state index >= 15 is 0 Å². The molecule has 0 saturated heterocycles. The van der Waals surface area contributed by atoms with Gasteiger partial charge >= 0.3 is 0 Å². The lowest BCUT2D eigenvalue weighted by atomic mass is 10.1. The Morgan fingerprint density at radius 2 is 1.68 bits per heavy atom. The maximum absolute atomic E-state index is 8.49. The van der Waals surface area contributed by atoms with Crippen LogP contribution < -0.4 is 29.3 Å². The van der Waals surface area contributed by atoms with Gasteiger partial charge in [-0.1, -0.05) is 31.7 Å². The summed E-state index contributed by atoms with van der Waals surface area (Å²) in [4.78, 5) is 9.44. The van der Waals surface area contributed by atoms with Crippen molar-refractivity contribution in [2.24, 2.45) is 4.99 Å². The van der Waals surface area contributed by atoms with Gasteiger partial charge in [-0.05, 0) is 32.4 Å². The standard InChI is InChI=1S/C21H21N3O.CH4.ClHO4/c1-4-22-16-11-19-18(10-13(16)3)24-21-15-9-7-6-8-14(15)17(23-5-2)12-20(21)25-19;;2-1(3,4)5/h6-12,23H,4-5H2,1-3H3;1H4;(H,2,3,4,5)/p-1. The monoisotopic (exact) mass is 446 g/mol. The summed E-state index contributed by atoms with van der Waals surface area (Å²) in [7, 11) is -4.94. The van der Waals surface area contributed by atoms with Gasteiger partial charge in [-0.25, -0.2) is 23.6 Å². The second kappa shape index (κ2) is 10.0. The topological polar surface area (TPSA) is 143 Å². The minimum Gasteiger partial charge on any atom is -0.453 e. The highest BCUT2D eigenvalue weighted by molar-refractivity contribution is 6.10. The summed E-state index contributed by atoms with van der Waals surface area (Å²) in [5.74, 6) is 0.767. The van der Waals surface area contributed by atoms with E-state index in [1.165, 1.54) is 0 Å². The zero-order valence-electron chi connectivity index (χ0n) is 16.8. The smallest absolute Gasteiger partial charge is 0.155 e. The number of nitrogens with one attached hydrogen (secondary N) is 1. The lowest BCUT2D eigenvalue weighted by Gasteiger charge is -2.17. The fraction of sp³-hybridized carbons (Fsp3) is 0.273. The van der Waals surface area contributed by atoms with Gasteiger partial charge in [0.15, 0.2) is 11.3 Å². The van der Waals surface area contributed by atoms with Gasteiger partial charge in [0.25, 0.3) is 0 Å². The second-order valence-corrected chi connectivity index (χ2v) is 7.28. The fourth-order valence-corrected chi connectivity index (χ4v) is 3.28. The molecule has 0 saturated carbocycles. The lowest BCUT2D eigenvalue weighted by molar-refractivity contribution is -2.00. The number of hydrogen-bond donors (Lipinski definition) is 1. The molecule has 2 aliphatic rings. The molecule has 8 nitrogen and oxygen atoms in total. The molecule has 2 aromatic carbocycles. The van der Waals surface area contributed by atoms with Gasteiger partial charge in [0.05, 0.1) is 5.36 Å². The minimum absolute atomic E-state index is 0. The molecule has 0 spiro atoms. The van der Waals surface area contributed by atoms with Crippen LogP contribution in [0, 0.1) is 17.2 Å². The molecule has 1 heterocycles. The molecule has 166 valence electrons. The van der Waals surface area contributed by atoms with Crippen LogP contribution in [0.5, 0.6) is 0 Å². The Kier molecular flexibility index (Phi) is 7.94. The normalized spacial score (nSPS) is 11.9. The summed E-state index contributed by atoms with van der Waals surface area (Å²) in [6, 6.07) is 14.4. The molecule has 1 aliphatic heterocycles. The first-order chi connectivity index (χ1) is 14.2. The van der Waals surface area contributed by atoms with Gasteiger partial charge in [0.1, 0.15) is 11.2 Å². The molecule has 0 atom stereocenters. The van der Waals surface area contributed by atoms with Crippen molar-refractivity contribution in [3.05, 3.63) is 53.4 Å². The number of aryl methyl sites for hydroxylation is 1. The Morgan fingerprint density at radius 3 is 2.29 bits per heavy atom. The van der Waals surface area contributed by atoms with E-state index in [4.69, 9.17) is 28.0 Å². The third-order valence-electron chi connectivity index (χ3n) is 4.41. The van der Waals surface area contributed by atoms with Gasteiger partial charge in [-0.3, -0.25) is 4.99 Å². The van der Waals surface area contributed by atoms with Crippen molar-refractivity contribution in [3.8, 4) is 11.5 Å². The van der Waals surface area contributed by atoms with E-state index in [0.29, 0.717) is 0 Å². The summed E-state index contributed by atoms with van der Waals surface area (Å²) >= 11 is 0. The average molecular weight is 447 g/mol. The van der Waals surface area contributed by atoms with Crippen LogP contribution in [0.15, 0.2) is 51.9 Å². The minimum atomic E-state index is -4.94. The van der Waals surface area contributed by atoms with Crippen molar-refractivity contribution in [2.75, 3.05) is 18.4 Å². The van der Waals surface area contributed by atoms with Crippen LogP contribution in [0.1, 0.15) is 26.8 Å². The van der Waals surface area contributed by atoms with Crippen LogP contribution in [0.25, 0.3) is 33.3 Å². The van der Waals surface area contributed by atoms with Crippen LogP contribution in [-0.2, 0) is 0 Å². The molecule has 0 bridgehead atoms. The highest BCUT2D eigenvalue weighted by Crippen LogP contribution is 2.34. The highest BCUT2D eigenvalue weighted by Gasteiger charge is 2.14. The van der Waals surface area contributed by atoms with Gasteiger partial charge in [0, 0.05) is 41.7 Å².